The van der Waals surface area contributed by atoms with Gasteiger partial charge < -0.3 is 5.32 Å². The van der Waals surface area contributed by atoms with Gasteiger partial charge in [-0.1, -0.05) is 6.92 Å². The van der Waals surface area contributed by atoms with Gasteiger partial charge in [-0.05, 0) is 38.5 Å². The first-order valence-electron chi connectivity index (χ1n) is 7.64. The van der Waals surface area contributed by atoms with Gasteiger partial charge in [0.1, 0.15) is 0 Å². The highest BCUT2D eigenvalue weighted by atomic mass is 32.2. The fourth-order valence-electron chi connectivity index (χ4n) is 3.88. The molecule has 0 aromatic carbocycles. The second-order valence-electron chi connectivity index (χ2n) is 6.91. The Kier molecular flexibility index (Phi) is 3.43. The van der Waals surface area contributed by atoms with Crippen LogP contribution in [0.25, 0.3) is 0 Å². The lowest BCUT2D eigenvalue weighted by Crippen LogP contribution is -2.64. The van der Waals surface area contributed by atoms with E-state index in [0.717, 1.165) is 31.8 Å². The molecule has 2 saturated heterocycles. The average molecular weight is 286 g/mol. The molecule has 3 atom stereocenters. The maximum atomic E-state index is 11.9. The summed E-state index contributed by atoms with van der Waals surface area (Å²) in [5, 5.41) is 3.68. The van der Waals surface area contributed by atoms with E-state index in [0.29, 0.717) is 23.6 Å². The number of sulfone groups is 1. The lowest BCUT2D eigenvalue weighted by atomic mass is 9.92. The van der Waals surface area contributed by atoms with Crippen LogP contribution >= 0.6 is 0 Å². The predicted octanol–water partition coefficient (Wildman–Crippen LogP) is 1.03. The molecule has 1 N–H and O–H groups in total. The van der Waals surface area contributed by atoms with Crippen LogP contribution in [-0.4, -0.2) is 55.5 Å². The summed E-state index contributed by atoms with van der Waals surface area (Å²) in [5.74, 6) is 1.56. The van der Waals surface area contributed by atoms with E-state index in [1.54, 1.807) is 0 Å². The molecule has 0 radical (unpaired) electrons. The predicted molar refractivity (Wildman–Crippen MR) is 77.0 cm³/mol. The molecule has 1 saturated carbocycles. The molecule has 2 heterocycles. The van der Waals surface area contributed by atoms with E-state index in [9.17, 15) is 8.42 Å². The summed E-state index contributed by atoms with van der Waals surface area (Å²) in [6.45, 7) is 6.43. The van der Waals surface area contributed by atoms with Crippen molar-refractivity contribution in [3.8, 4) is 0 Å². The van der Waals surface area contributed by atoms with Gasteiger partial charge in [-0.25, -0.2) is 8.42 Å². The Morgan fingerprint density at radius 3 is 2.63 bits per heavy atom. The number of nitrogens with zero attached hydrogens (tertiary/aromatic N) is 1. The fraction of sp³-hybridized carbons (Fsp3) is 1.00. The Labute approximate surface area is 116 Å². The first-order chi connectivity index (χ1) is 8.93. The molecule has 19 heavy (non-hydrogen) atoms. The molecule has 3 unspecified atom stereocenters. The third-order valence-corrected chi connectivity index (χ3v) is 7.18. The molecular weight excluding hydrogens is 260 g/mol. The normalized spacial score (nSPS) is 43.5. The molecule has 3 aliphatic rings. The third kappa shape index (κ3) is 2.69. The summed E-state index contributed by atoms with van der Waals surface area (Å²) in [4.78, 5) is 2.52. The van der Waals surface area contributed by atoms with Crippen molar-refractivity contribution in [1.29, 1.82) is 0 Å². The van der Waals surface area contributed by atoms with E-state index in [4.69, 9.17) is 0 Å². The highest BCUT2D eigenvalue weighted by Crippen LogP contribution is 2.38. The monoisotopic (exact) mass is 286 g/mol. The summed E-state index contributed by atoms with van der Waals surface area (Å²) in [7, 11) is -2.82. The van der Waals surface area contributed by atoms with Gasteiger partial charge in [0.25, 0.3) is 0 Å². The van der Waals surface area contributed by atoms with Gasteiger partial charge >= 0.3 is 0 Å². The number of hydrogen-bond donors (Lipinski definition) is 1. The molecule has 2 aliphatic heterocycles. The summed E-state index contributed by atoms with van der Waals surface area (Å²) < 4.78 is 23.7. The van der Waals surface area contributed by atoms with Crippen molar-refractivity contribution in [3.05, 3.63) is 0 Å². The fourth-order valence-corrected chi connectivity index (χ4v) is 6.04. The second kappa shape index (κ2) is 4.71. The van der Waals surface area contributed by atoms with Crippen LogP contribution < -0.4 is 5.32 Å². The zero-order valence-electron chi connectivity index (χ0n) is 12.1. The summed E-state index contributed by atoms with van der Waals surface area (Å²) in [6.07, 6.45) is 4.60. The van der Waals surface area contributed by atoms with E-state index >= 15 is 0 Å². The van der Waals surface area contributed by atoms with Crippen LogP contribution in [0, 0.1) is 5.92 Å². The maximum absolute atomic E-state index is 11.9. The van der Waals surface area contributed by atoms with Gasteiger partial charge in [0.05, 0.1) is 11.5 Å². The van der Waals surface area contributed by atoms with Crippen molar-refractivity contribution >= 4 is 9.84 Å². The van der Waals surface area contributed by atoms with Gasteiger partial charge in [-0.2, -0.15) is 0 Å². The Hall–Kier alpha value is -0.130. The van der Waals surface area contributed by atoms with Crippen LogP contribution in [-0.2, 0) is 9.84 Å². The van der Waals surface area contributed by atoms with Crippen LogP contribution in [0.4, 0.5) is 0 Å². The van der Waals surface area contributed by atoms with E-state index < -0.39 is 9.84 Å². The molecule has 0 aromatic rings. The molecule has 0 spiro atoms. The number of nitrogens with one attached hydrogen (secondary N) is 1. The Morgan fingerprint density at radius 2 is 2.11 bits per heavy atom. The highest BCUT2D eigenvalue weighted by Gasteiger charge is 2.48. The molecular formula is C14H26N2O2S. The lowest BCUT2D eigenvalue weighted by molar-refractivity contribution is 0.0287. The van der Waals surface area contributed by atoms with Crippen LogP contribution in [0.5, 0.6) is 0 Å². The van der Waals surface area contributed by atoms with Crippen molar-refractivity contribution in [2.45, 2.75) is 57.2 Å². The summed E-state index contributed by atoms with van der Waals surface area (Å²) in [6, 6.07) is 1.08. The van der Waals surface area contributed by atoms with Gasteiger partial charge in [-0.3, -0.25) is 4.90 Å². The maximum Gasteiger partial charge on any atom is 0.152 e. The summed E-state index contributed by atoms with van der Waals surface area (Å²) in [5.41, 5.74) is -0.130. The molecule has 3 rings (SSSR count). The summed E-state index contributed by atoms with van der Waals surface area (Å²) >= 11 is 0. The van der Waals surface area contributed by atoms with Gasteiger partial charge in [0, 0.05) is 30.7 Å². The zero-order valence-corrected chi connectivity index (χ0v) is 12.9. The largest absolute Gasteiger partial charge is 0.311 e. The smallest absolute Gasteiger partial charge is 0.152 e. The Bertz CT molecular complexity index is 446. The minimum Gasteiger partial charge on any atom is -0.311 e. The van der Waals surface area contributed by atoms with Crippen molar-refractivity contribution in [3.63, 3.8) is 0 Å². The lowest BCUT2D eigenvalue weighted by Gasteiger charge is -2.48. The number of rotatable bonds is 3. The van der Waals surface area contributed by atoms with Gasteiger partial charge in [0.2, 0.25) is 0 Å². The van der Waals surface area contributed by atoms with Crippen molar-refractivity contribution in [2.24, 2.45) is 5.92 Å². The van der Waals surface area contributed by atoms with E-state index in [1.165, 1.54) is 12.8 Å². The zero-order chi connectivity index (χ0) is 13.7. The van der Waals surface area contributed by atoms with Crippen LogP contribution in [0.1, 0.15) is 39.5 Å². The van der Waals surface area contributed by atoms with E-state index in [1.807, 2.05) is 0 Å². The Morgan fingerprint density at radius 1 is 1.37 bits per heavy atom. The topological polar surface area (TPSA) is 49.4 Å². The molecule has 4 nitrogen and oxygen atoms in total. The van der Waals surface area contributed by atoms with Crippen molar-refractivity contribution in [2.75, 3.05) is 24.6 Å². The molecule has 110 valence electrons. The highest BCUT2D eigenvalue weighted by molar-refractivity contribution is 7.91. The SMILES string of the molecule is CCC1CNC(C2CC2)CN1C1(C)CCS(=O)(=O)C1. The molecule has 1 aliphatic carbocycles. The number of piperazine rings is 1. The van der Waals surface area contributed by atoms with Crippen LogP contribution in [0.15, 0.2) is 0 Å². The quantitative estimate of drug-likeness (QED) is 0.842. The van der Waals surface area contributed by atoms with Gasteiger partial charge in [-0.15, -0.1) is 0 Å². The average Bonchev–Trinajstić information content (AvgIpc) is 3.16. The minimum atomic E-state index is -2.82. The molecule has 0 aromatic heterocycles. The van der Waals surface area contributed by atoms with Gasteiger partial charge in [0.15, 0.2) is 9.84 Å². The first-order valence-corrected chi connectivity index (χ1v) is 9.46. The number of hydrogen-bond acceptors (Lipinski definition) is 4. The van der Waals surface area contributed by atoms with E-state index in [2.05, 4.69) is 24.1 Å². The molecule has 0 amide bonds. The molecule has 0 bridgehead atoms. The first kappa shape index (κ1) is 13.8. The second-order valence-corrected chi connectivity index (χ2v) is 9.09. The molecule has 5 heteroatoms. The standard InChI is InChI=1S/C14H26N2O2S/c1-3-12-8-15-13(11-4-5-11)9-16(12)14(2)6-7-19(17,18)10-14/h11-13,15H,3-10H2,1-2H3. The third-order valence-electron chi connectivity index (χ3n) is 5.29. The van der Waals surface area contributed by atoms with Crippen molar-refractivity contribution < 1.29 is 8.42 Å². The molecule has 3 fully saturated rings. The van der Waals surface area contributed by atoms with E-state index in [-0.39, 0.29) is 5.54 Å². The Balaban J connectivity index is 1.78. The van der Waals surface area contributed by atoms with Crippen LogP contribution in [0.3, 0.4) is 0 Å². The minimum absolute atomic E-state index is 0.130. The van der Waals surface area contributed by atoms with Crippen LogP contribution in [0.2, 0.25) is 0 Å². The van der Waals surface area contributed by atoms with Crippen molar-refractivity contribution in [1.82, 2.24) is 10.2 Å².